The van der Waals surface area contributed by atoms with Crippen molar-refractivity contribution >= 4 is 11.6 Å². The minimum Gasteiger partial charge on any atom is -0.370 e. The Hall–Kier alpha value is -1.32. The van der Waals surface area contributed by atoms with E-state index in [2.05, 4.69) is 48.0 Å². The number of aromatic nitrogens is 2. The van der Waals surface area contributed by atoms with E-state index >= 15 is 0 Å². The molecule has 0 aliphatic rings. The summed E-state index contributed by atoms with van der Waals surface area (Å²) in [6, 6.07) is 0. The van der Waals surface area contributed by atoms with Crippen molar-refractivity contribution in [1.82, 2.24) is 9.97 Å². The van der Waals surface area contributed by atoms with Gasteiger partial charge in [0.2, 0.25) is 0 Å². The molecule has 0 aliphatic carbocycles. The third-order valence-electron chi connectivity index (χ3n) is 2.52. The highest BCUT2D eigenvalue weighted by atomic mass is 15.2. The fourth-order valence-electron chi connectivity index (χ4n) is 1.69. The van der Waals surface area contributed by atoms with Gasteiger partial charge in [0.15, 0.2) is 0 Å². The van der Waals surface area contributed by atoms with Gasteiger partial charge in [0, 0.05) is 25.7 Å². The number of hydrogen-bond acceptors (Lipinski definition) is 4. The molecule has 0 spiro atoms. The Labute approximate surface area is 98.1 Å². The van der Waals surface area contributed by atoms with Crippen LogP contribution in [0.3, 0.4) is 0 Å². The lowest BCUT2D eigenvalue weighted by Crippen LogP contribution is -2.21. The van der Waals surface area contributed by atoms with Crippen LogP contribution in [-0.2, 0) is 0 Å². The van der Waals surface area contributed by atoms with Gasteiger partial charge in [-0.05, 0) is 19.8 Å². The minimum atomic E-state index is 0.953. The average Bonchev–Trinajstić information content (AvgIpc) is 2.28. The van der Waals surface area contributed by atoms with Crippen molar-refractivity contribution in [3.05, 3.63) is 11.9 Å². The summed E-state index contributed by atoms with van der Waals surface area (Å²) in [7, 11) is 2.07. The van der Waals surface area contributed by atoms with E-state index in [1.165, 1.54) is 0 Å². The lowest BCUT2D eigenvalue weighted by Gasteiger charge is -2.20. The Morgan fingerprint density at radius 3 is 2.62 bits per heavy atom. The maximum Gasteiger partial charge on any atom is 0.136 e. The number of rotatable bonds is 6. The van der Waals surface area contributed by atoms with E-state index in [-0.39, 0.29) is 0 Å². The molecule has 0 aliphatic heterocycles. The van der Waals surface area contributed by atoms with E-state index in [0.717, 1.165) is 43.1 Å². The van der Waals surface area contributed by atoms with Crippen LogP contribution in [-0.4, -0.2) is 30.1 Å². The van der Waals surface area contributed by atoms with E-state index in [1.807, 2.05) is 0 Å². The quantitative estimate of drug-likeness (QED) is 0.802. The normalized spacial score (nSPS) is 10.2. The van der Waals surface area contributed by atoms with Crippen molar-refractivity contribution in [3.63, 3.8) is 0 Å². The topological polar surface area (TPSA) is 41.1 Å². The molecule has 1 aromatic rings. The van der Waals surface area contributed by atoms with Gasteiger partial charge in [-0.2, -0.15) is 0 Å². The van der Waals surface area contributed by atoms with Crippen LogP contribution in [0.2, 0.25) is 0 Å². The molecular weight excluding hydrogens is 200 g/mol. The summed E-state index contributed by atoms with van der Waals surface area (Å²) in [6.07, 6.45) is 3.85. The largest absolute Gasteiger partial charge is 0.370 e. The average molecular weight is 222 g/mol. The molecule has 0 amide bonds. The lowest BCUT2D eigenvalue weighted by molar-refractivity contribution is 0.828. The molecule has 1 N–H and O–H groups in total. The molecule has 0 radical (unpaired) electrons. The Morgan fingerprint density at radius 2 is 2.00 bits per heavy atom. The van der Waals surface area contributed by atoms with Crippen molar-refractivity contribution < 1.29 is 0 Å². The van der Waals surface area contributed by atoms with E-state index < -0.39 is 0 Å². The van der Waals surface area contributed by atoms with E-state index in [4.69, 9.17) is 0 Å². The van der Waals surface area contributed by atoms with Crippen LogP contribution in [0.15, 0.2) is 6.33 Å². The second-order valence-electron chi connectivity index (χ2n) is 4.02. The van der Waals surface area contributed by atoms with Gasteiger partial charge in [-0.3, -0.25) is 0 Å². The molecule has 4 nitrogen and oxygen atoms in total. The van der Waals surface area contributed by atoms with Gasteiger partial charge in [-0.1, -0.05) is 13.8 Å². The highest BCUT2D eigenvalue weighted by Gasteiger charge is 2.09. The highest BCUT2D eigenvalue weighted by Crippen LogP contribution is 2.21. The number of hydrogen-bond donors (Lipinski definition) is 1. The molecule has 1 aromatic heterocycles. The van der Waals surface area contributed by atoms with Crippen molar-refractivity contribution in [3.8, 4) is 0 Å². The molecule has 1 rings (SSSR count). The third kappa shape index (κ3) is 3.08. The molecule has 0 atom stereocenters. The Bertz CT molecular complexity index is 325. The summed E-state index contributed by atoms with van der Waals surface area (Å²) in [6.45, 7) is 8.36. The highest BCUT2D eigenvalue weighted by molar-refractivity contribution is 5.57. The SMILES string of the molecule is CCCNc1ncnc(N(C)CCC)c1C. The molecule has 4 heteroatoms. The number of nitrogens with one attached hydrogen (secondary N) is 1. The van der Waals surface area contributed by atoms with Crippen LogP contribution in [0.5, 0.6) is 0 Å². The van der Waals surface area contributed by atoms with Crippen LogP contribution in [0.25, 0.3) is 0 Å². The van der Waals surface area contributed by atoms with Crippen LogP contribution in [0.4, 0.5) is 11.6 Å². The fourth-order valence-corrected chi connectivity index (χ4v) is 1.69. The summed E-state index contributed by atoms with van der Waals surface area (Å²) in [5.41, 5.74) is 1.13. The molecule has 90 valence electrons. The van der Waals surface area contributed by atoms with Crippen molar-refractivity contribution in [2.45, 2.75) is 33.6 Å². The zero-order valence-corrected chi connectivity index (χ0v) is 10.7. The van der Waals surface area contributed by atoms with Gasteiger partial charge < -0.3 is 10.2 Å². The smallest absolute Gasteiger partial charge is 0.136 e. The fraction of sp³-hybridized carbons (Fsp3) is 0.667. The van der Waals surface area contributed by atoms with Gasteiger partial charge in [0.05, 0.1) is 0 Å². The molecule has 0 fully saturated rings. The Kier molecular flexibility index (Phi) is 5.02. The van der Waals surface area contributed by atoms with Gasteiger partial charge >= 0.3 is 0 Å². The van der Waals surface area contributed by atoms with Gasteiger partial charge in [0.25, 0.3) is 0 Å². The second kappa shape index (κ2) is 6.30. The van der Waals surface area contributed by atoms with Gasteiger partial charge in [-0.25, -0.2) is 9.97 Å². The molecule has 1 heterocycles. The monoisotopic (exact) mass is 222 g/mol. The van der Waals surface area contributed by atoms with Crippen LogP contribution >= 0.6 is 0 Å². The standard InChI is InChI=1S/C12H22N4/c1-5-7-13-11-10(3)12(15-9-14-11)16(4)8-6-2/h9H,5-8H2,1-4H3,(H,13,14,15). The Balaban J connectivity index is 2.85. The molecule has 0 unspecified atom stereocenters. The van der Waals surface area contributed by atoms with Crippen molar-refractivity contribution in [2.24, 2.45) is 0 Å². The summed E-state index contributed by atoms with van der Waals surface area (Å²) in [4.78, 5) is 10.8. The van der Waals surface area contributed by atoms with Crippen LogP contribution in [0.1, 0.15) is 32.3 Å². The Morgan fingerprint density at radius 1 is 1.25 bits per heavy atom. The molecule has 16 heavy (non-hydrogen) atoms. The van der Waals surface area contributed by atoms with Crippen LogP contribution < -0.4 is 10.2 Å². The molecule has 0 aromatic carbocycles. The van der Waals surface area contributed by atoms with Crippen molar-refractivity contribution in [2.75, 3.05) is 30.4 Å². The van der Waals surface area contributed by atoms with E-state index in [1.54, 1.807) is 6.33 Å². The number of nitrogens with zero attached hydrogens (tertiary/aromatic N) is 3. The number of anilines is 2. The second-order valence-corrected chi connectivity index (χ2v) is 4.02. The first-order chi connectivity index (χ1) is 7.70. The summed E-state index contributed by atoms with van der Waals surface area (Å²) in [5, 5.41) is 3.32. The van der Waals surface area contributed by atoms with Crippen LogP contribution in [0, 0.1) is 6.92 Å². The first kappa shape index (κ1) is 12.7. The first-order valence-electron chi connectivity index (χ1n) is 5.97. The summed E-state index contributed by atoms with van der Waals surface area (Å²) < 4.78 is 0. The lowest BCUT2D eigenvalue weighted by atomic mass is 10.2. The van der Waals surface area contributed by atoms with Gasteiger partial charge in [0.1, 0.15) is 18.0 Å². The predicted molar refractivity (Wildman–Crippen MR) is 69.1 cm³/mol. The first-order valence-corrected chi connectivity index (χ1v) is 5.97. The maximum atomic E-state index is 4.34. The van der Waals surface area contributed by atoms with Gasteiger partial charge in [-0.15, -0.1) is 0 Å². The maximum absolute atomic E-state index is 4.34. The third-order valence-corrected chi connectivity index (χ3v) is 2.52. The van der Waals surface area contributed by atoms with Crippen molar-refractivity contribution in [1.29, 1.82) is 0 Å². The summed E-state index contributed by atoms with van der Waals surface area (Å²) in [5.74, 6) is 1.98. The minimum absolute atomic E-state index is 0.953. The zero-order valence-electron chi connectivity index (χ0n) is 10.7. The predicted octanol–water partition coefficient (Wildman–Crippen LogP) is 2.45. The molecular formula is C12H22N4. The molecule has 0 saturated heterocycles. The summed E-state index contributed by atoms with van der Waals surface area (Å²) >= 11 is 0. The zero-order chi connectivity index (χ0) is 12.0. The molecule has 0 saturated carbocycles. The van der Waals surface area contributed by atoms with E-state index in [9.17, 15) is 0 Å². The van der Waals surface area contributed by atoms with E-state index in [0.29, 0.717) is 0 Å². The molecule has 0 bridgehead atoms.